The van der Waals surface area contributed by atoms with Gasteiger partial charge >= 0.3 is 0 Å². The van der Waals surface area contributed by atoms with Gasteiger partial charge in [0.05, 0.1) is 0 Å². The second-order valence-electron chi connectivity index (χ2n) is 5.64. The molecule has 0 aliphatic heterocycles. The summed E-state index contributed by atoms with van der Waals surface area (Å²) in [7, 11) is -7.01. The van der Waals surface area contributed by atoms with E-state index in [1.54, 1.807) is 0 Å². The maximum absolute atomic E-state index is 12.1. The predicted molar refractivity (Wildman–Crippen MR) is 98.9 cm³/mol. The Morgan fingerprint density at radius 3 is 1.05 bits per heavy atom. The molecule has 0 saturated carbocycles. The zero-order valence-corrected chi connectivity index (χ0v) is 17.3. The number of hydrogen-bond acceptors (Lipinski definition) is 2. The summed E-state index contributed by atoms with van der Waals surface area (Å²) in [5.41, 5.74) is 6.25. The topological polar surface area (TPSA) is 34.1 Å². The van der Waals surface area contributed by atoms with E-state index in [0.29, 0.717) is 0 Å². The third kappa shape index (κ3) is 6.02. The molecule has 0 bridgehead atoms. The lowest BCUT2D eigenvalue weighted by molar-refractivity contribution is 0.615. The first kappa shape index (κ1) is 20.5. The molecule has 0 heterocycles. The van der Waals surface area contributed by atoms with Crippen LogP contribution >= 0.6 is 0 Å². The van der Waals surface area contributed by atoms with Crippen LogP contribution in [-0.2, 0) is 9.84 Å². The normalized spacial score (nSPS) is 12.1. The molecule has 0 rings (SSSR count). The molecule has 0 amide bonds. The van der Waals surface area contributed by atoms with Gasteiger partial charge < -0.3 is 0 Å². The minimum atomic E-state index is -3.56. The molecule has 0 radical (unpaired) electrons. The first-order valence-electron chi connectivity index (χ1n) is 8.11. The molecule has 0 spiro atoms. The van der Waals surface area contributed by atoms with Crippen molar-refractivity contribution in [3.8, 4) is 21.6 Å². The smallest absolute Gasteiger partial charge is 0.202 e. The third-order valence-corrected chi connectivity index (χ3v) is 15.5. The van der Waals surface area contributed by atoms with Gasteiger partial charge in [-0.2, -0.15) is 0 Å². The summed E-state index contributed by atoms with van der Waals surface area (Å²) in [5.74, 6) is 0. The highest BCUT2D eigenvalue weighted by atomic mass is 32.2. The Morgan fingerprint density at radius 2 is 0.857 bits per heavy atom. The largest absolute Gasteiger partial charge is 0.283 e. The van der Waals surface area contributed by atoms with E-state index in [1.807, 2.05) is 0 Å². The van der Waals surface area contributed by atoms with Gasteiger partial charge in [0.1, 0.15) is 16.1 Å². The van der Waals surface area contributed by atoms with E-state index in [0.717, 1.165) is 36.3 Å². The van der Waals surface area contributed by atoms with Gasteiger partial charge in [-0.3, -0.25) is 0 Å². The molecule has 0 atom stereocenters. The average Bonchev–Trinajstić information content (AvgIpc) is 2.51. The molecule has 0 aromatic carbocycles. The molecule has 21 heavy (non-hydrogen) atoms. The monoisotopic (exact) mass is 342 g/mol. The number of rotatable bonds is 6. The highest BCUT2D eigenvalue weighted by Gasteiger charge is 2.26. The molecule has 0 N–H and O–H groups in total. The molecule has 0 saturated heterocycles. The van der Waals surface area contributed by atoms with Gasteiger partial charge in [0.25, 0.3) is 9.84 Å². The lowest BCUT2D eigenvalue weighted by Crippen LogP contribution is -2.30. The van der Waals surface area contributed by atoms with Crippen LogP contribution < -0.4 is 0 Å². The first-order valence-corrected chi connectivity index (χ1v) is 14.8. The molecule has 0 unspecified atom stereocenters. The van der Waals surface area contributed by atoms with Crippen molar-refractivity contribution in [2.75, 3.05) is 0 Å². The molecule has 120 valence electrons. The van der Waals surface area contributed by atoms with Crippen molar-refractivity contribution in [2.24, 2.45) is 0 Å². The lowest BCUT2D eigenvalue weighted by atomic mass is 10.9. The Balaban J connectivity index is 5.49. The van der Waals surface area contributed by atoms with Crippen LogP contribution in [0, 0.1) is 21.6 Å². The van der Waals surface area contributed by atoms with Crippen LogP contribution in [0.2, 0.25) is 36.3 Å². The SMILES string of the molecule is CC[Si](C#CS(=O)(=O)C#C[Si](CC)(CC)CC)(CC)CC. The Bertz CT molecular complexity index is 476. The maximum atomic E-state index is 12.1. The average molecular weight is 343 g/mol. The van der Waals surface area contributed by atoms with Gasteiger partial charge in [-0.1, -0.05) is 41.5 Å². The fourth-order valence-electron chi connectivity index (χ4n) is 2.41. The fraction of sp³-hybridized carbons (Fsp3) is 0.750. The number of hydrogen-bond donors (Lipinski definition) is 0. The summed E-state index contributed by atoms with van der Waals surface area (Å²) in [5, 5.41) is 5.06. The summed E-state index contributed by atoms with van der Waals surface area (Å²) >= 11 is 0. The minimum Gasteiger partial charge on any atom is -0.202 e. The van der Waals surface area contributed by atoms with Crippen molar-refractivity contribution < 1.29 is 8.42 Å². The quantitative estimate of drug-likeness (QED) is 0.529. The van der Waals surface area contributed by atoms with E-state index < -0.39 is 26.0 Å². The summed E-state index contributed by atoms with van der Waals surface area (Å²) in [4.78, 5) is 0. The Hall–Kier alpha value is -0.496. The molecule has 0 aromatic rings. The van der Waals surface area contributed by atoms with Crippen LogP contribution in [0.5, 0.6) is 0 Å². The van der Waals surface area contributed by atoms with Crippen LogP contribution in [0.3, 0.4) is 0 Å². The molecule has 5 heteroatoms. The summed E-state index contributed by atoms with van der Waals surface area (Å²) in [6.07, 6.45) is 0. The van der Waals surface area contributed by atoms with E-state index >= 15 is 0 Å². The second kappa shape index (κ2) is 8.83. The molecular formula is C16H30O2SSi2. The van der Waals surface area contributed by atoms with E-state index in [9.17, 15) is 8.42 Å². The van der Waals surface area contributed by atoms with Gasteiger partial charge in [0.15, 0.2) is 0 Å². The predicted octanol–water partition coefficient (Wildman–Crippen LogP) is 4.42. The van der Waals surface area contributed by atoms with Crippen LogP contribution in [0.25, 0.3) is 0 Å². The van der Waals surface area contributed by atoms with Crippen molar-refractivity contribution >= 4 is 26.0 Å². The van der Waals surface area contributed by atoms with Gasteiger partial charge in [-0.15, -0.1) is 11.1 Å². The number of sulfone groups is 1. The first-order chi connectivity index (χ1) is 9.78. The van der Waals surface area contributed by atoms with Gasteiger partial charge in [0.2, 0.25) is 0 Å². The molecule has 0 aromatic heterocycles. The van der Waals surface area contributed by atoms with Gasteiger partial charge in [0, 0.05) is 10.5 Å². The second-order valence-corrected chi connectivity index (χ2v) is 16.9. The molecule has 2 nitrogen and oxygen atoms in total. The Labute approximate surface area is 134 Å². The van der Waals surface area contributed by atoms with E-state index in [1.165, 1.54) is 0 Å². The Morgan fingerprint density at radius 1 is 0.619 bits per heavy atom. The minimum absolute atomic E-state index is 1.01. The van der Waals surface area contributed by atoms with Crippen molar-refractivity contribution in [2.45, 2.75) is 77.8 Å². The Kier molecular flexibility index (Phi) is 8.62. The molecule has 0 fully saturated rings. The standard InChI is InChI=1S/C16H30O2SSi2/c1-7-20(8-2,9-3)15-13-19(17,18)14-16-21(10-4,11-5)12-6/h7-12H2,1-6H3. The molecule has 0 aliphatic rings. The van der Waals surface area contributed by atoms with E-state index in [-0.39, 0.29) is 0 Å². The van der Waals surface area contributed by atoms with Crippen molar-refractivity contribution in [1.29, 1.82) is 0 Å². The molecular weight excluding hydrogens is 312 g/mol. The van der Waals surface area contributed by atoms with Gasteiger partial charge in [-0.05, 0) is 36.3 Å². The lowest BCUT2D eigenvalue weighted by Gasteiger charge is -2.20. The van der Waals surface area contributed by atoms with E-state index in [4.69, 9.17) is 0 Å². The summed E-state index contributed by atoms with van der Waals surface area (Å²) < 4.78 is 24.2. The van der Waals surface area contributed by atoms with Gasteiger partial charge in [-0.25, -0.2) is 8.42 Å². The summed E-state index contributed by atoms with van der Waals surface area (Å²) in [6.45, 7) is 12.7. The maximum Gasteiger partial charge on any atom is 0.283 e. The third-order valence-electron chi connectivity index (χ3n) is 4.96. The zero-order valence-electron chi connectivity index (χ0n) is 14.5. The fourth-order valence-corrected chi connectivity index (χ4v) is 9.33. The summed E-state index contributed by atoms with van der Waals surface area (Å²) in [6, 6.07) is 6.04. The van der Waals surface area contributed by atoms with Crippen LogP contribution in [0.4, 0.5) is 0 Å². The van der Waals surface area contributed by atoms with Crippen LogP contribution in [-0.4, -0.2) is 24.6 Å². The van der Waals surface area contributed by atoms with Crippen molar-refractivity contribution in [1.82, 2.24) is 0 Å². The van der Waals surface area contributed by atoms with Crippen LogP contribution in [0.1, 0.15) is 41.5 Å². The van der Waals surface area contributed by atoms with Crippen molar-refractivity contribution in [3.63, 3.8) is 0 Å². The zero-order chi connectivity index (χ0) is 16.6. The molecule has 0 aliphatic carbocycles. The van der Waals surface area contributed by atoms with Crippen LogP contribution in [0.15, 0.2) is 0 Å². The highest BCUT2D eigenvalue weighted by Crippen LogP contribution is 2.20. The van der Waals surface area contributed by atoms with E-state index in [2.05, 4.69) is 63.1 Å². The highest BCUT2D eigenvalue weighted by molar-refractivity contribution is 8.00. The van der Waals surface area contributed by atoms with Crippen molar-refractivity contribution in [3.05, 3.63) is 0 Å².